The van der Waals surface area contributed by atoms with Crippen molar-refractivity contribution in [1.82, 2.24) is 4.98 Å². The SMILES string of the molecule is N#Cc1ccc(/C=C2\CCN=C2c2cccnc2)cc1. The molecule has 0 bridgehead atoms. The summed E-state index contributed by atoms with van der Waals surface area (Å²) in [6, 6.07) is 13.7. The Labute approximate surface area is 117 Å². The first-order valence-corrected chi connectivity index (χ1v) is 6.53. The van der Waals surface area contributed by atoms with E-state index in [1.165, 1.54) is 5.57 Å². The molecule has 0 radical (unpaired) electrons. The lowest BCUT2D eigenvalue weighted by Crippen LogP contribution is -2.00. The quantitative estimate of drug-likeness (QED) is 0.831. The van der Waals surface area contributed by atoms with Crippen molar-refractivity contribution in [2.45, 2.75) is 6.42 Å². The van der Waals surface area contributed by atoms with E-state index in [1.54, 1.807) is 6.20 Å². The summed E-state index contributed by atoms with van der Waals surface area (Å²) in [5.41, 5.74) is 5.09. The van der Waals surface area contributed by atoms with Crippen molar-refractivity contribution in [3.63, 3.8) is 0 Å². The third kappa shape index (κ3) is 2.50. The fraction of sp³-hybridized carbons (Fsp3) is 0.118. The summed E-state index contributed by atoms with van der Waals surface area (Å²) in [7, 11) is 0. The van der Waals surface area contributed by atoms with E-state index < -0.39 is 0 Å². The van der Waals surface area contributed by atoms with E-state index in [0.29, 0.717) is 5.56 Å². The van der Waals surface area contributed by atoms with E-state index >= 15 is 0 Å². The second-order valence-electron chi connectivity index (χ2n) is 4.63. The second kappa shape index (κ2) is 5.50. The maximum Gasteiger partial charge on any atom is 0.0991 e. The molecule has 0 saturated carbocycles. The monoisotopic (exact) mass is 259 g/mol. The summed E-state index contributed by atoms with van der Waals surface area (Å²) in [4.78, 5) is 8.72. The van der Waals surface area contributed by atoms with Crippen molar-refractivity contribution < 1.29 is 0 Å². The Hall–Kier alpha value is -2.73. The number of benzene rings is 1. The lowest BCUT2D eigenvalue weighted by Gasteiger charge is -2.04. The lowest BCUT2D eigenvalue weighted by molar-refractivity contribution is 1.05. The molecule has 0 N–H and O–H groups in total. The van der Waals surface area contributed by atoms with Crippen LogP contribution in [0.15, 0.2) is 59.4 Å². The Kier molecular flexibility index (Phi) is 3.38. The Balaban J connectivity index is 1.91. The molecule has 0 fully saturated rings. The van der Waals surface area contributed by atoms with Crippen LogP contribution in [0.3, 0.4) is 0 Å². The predicted molar refractivity (Wildman–Crippen MR) is 79.4 cm³/mol. The van der Waals surface area contributed by atoms with Gasteiger partial charge >= 0.3 is 0 Å². The third-order valence-electron chi connectivity index (χ3n) is 3.27. The number of aromatic nitrogens is 1. The van der Waals surface area contributed by atoms with Gasteiger partial charge < -0.3 is 0 Å². The topological polar surface area (TPSA) is 49.0 Å². The fourth-order valence-corrected chi connectivity index (χ4v) is 2.28. The minimum atomic E-state index is 0.680. The highest BCUT2D eigenvalue weighted by Crippen LogP contribution is 2.21. The van der Waals surface area contributed by atoms with Gasteiger partial charge in [0, 0.05) is 24.5 Å². The summed E-state index contributed by atoms with van der Waals surface area (Å²) in [6.07, 6.45) is 6.70. The number of nitrogens with zero attached hydrogens (tertiary/aromatic N) is 3. The van der Waals surface area contributed by atoms with Gasteiger partial charge in [0.1, 0.15) is 0 Å². The summed E-state index contributed by atoms with van der Waals surface area (Å²) < 4.78 is 0. The minimum absolute atomic E-state index is 0.680. The first-order valence-electron chi connectivity index (χ1n) is 6.53. The van der Waals surface area contributed by atoms with E-state index in [1.807, 2.05) is 42.6 Å². The van der Waals surface area contributed by atoms with Gasteiger partial charge in [-0.2, -0.15) is 5.26 Å². The van der Waals surface area contributed by atoms with Gasteiger partial charge in [-0.25, -0.2) is 0 Å². The number of hydrogen-bond acceptors (Lipinski definition) is 3. The smallest absolute Gasteiger partial charge is 0.0991 e. The van der Waals surface area contributed by atoms with Crippen LogP contribution >= 0.6 is 0 Å². The summed E-state index contributed by atoms with van der Waals surface area (Å²) in [6.45, 7) is 0.826. The van der Waals surface area contributed by atoms with Crippen molar-refractivity contribution in [2.24, 2.45) is 4.99 Å². The zero-order chi connectivity index (χ0) is 13.8. The molecule has 20 heavy (non-hydrogen) atoms. The van der Waals surface area contributed by atoms with E-state index in [0.717, 1.165) is 29.8 Å². The van der Waals surface area contributed by atoms with Crippen LogP contribution in [0.1, 0.15) is 23.1 Å². The average molecular weight is 259 g/mol. The van der Waals surface area contributed by atoms with E-state index in [9.17, 15) is 0 Å². The van der Waals surface area contributed by atoms with E-state index in [-0.39, 0.29) is 0 Å². The molecular formula is C17H13N3. The molecule has 0 saturated heterocycles. The molecule has 1 aromatic heterocycles. The largest absolute Gasteiger partial charge is 0.284 e. The molecule has 3 heteroatoms. The van der Waals surface area contributed by atoms with Crippen molar-refractivity contribution in [3.05, 3.63) is 71.1 Å². The van der Waals surface area contributed by atoms with Gasteiger partial charge in [-0.3, -0.25) is 9.98 Å². The normalized spacial score (nSPS) is 15.9. The average Bonchev–Trinajstić information content (AvgIpc) is 2.97. The number of hydrogen-bond donors (Lipinski definition) is 0. The van der Waals surface area contributed by atoms with Crippen LogP contribution in [-0.2, 0) is 0 Å². The molecule has 0 unspecified atom stereocenters. The van der Waals surface area contributed by atoms with Crippen molar-refractivity contribution in [1.29, 1.82) is 5.26 Å². The number of pyridine rings is 1. The van der Waals surface area contributed by atoms with Gasteiger partial charge in [0.25, 0.3) is 0 Å². The Morgan fingerprint density at radius 1 is 1.15 bits per heavy atom. The molecule has 2 heterocycles. The second-order valence-corrected chi connectivity index (χ2v) is 4.63. The van der Waals surface area contributed by atoms with Gasteiger partial charge in [0.05, 0.1) is 17.3 Å². The van der Waals surface area contributed by atoms with Gasteiger partial charge in [-0.05, 0) is 47.9 Å². The molecule has 1 aliphatic rings. The van der Waals surface area contributed by atoms with Crippen molar-refractivity contribution in [2.75, 3.05) is 6.54 Å². The first-order chi connectivity index (χ1) is 9.86. The van der Waals surface area contributed by atoms with Gasteiger partial charge in [-0.15, -0.1) is 0 Å². The Bertz CT molecular complexity index is 704. The van der Waals surface area contributed by atoms with Crippen LogP contribution in [0.2, 0.25) is 0 Å². The molecule has 96 valence electrons. The van der Waals surface area contributed by atoms with E-state index in [4.69, 9.17) is 5.26 Å². The molecule has 1 aliphatic heterocycles. The zero-order valence-electron chi connectivity index (χ0n) is 11.0. The third-order valence-corrected chi connectivity index (χ3v) is 3.27. The molecule has 0 aliphatic carbocycles. The van der Waals surface area contributed by atoms with Gasteiger partial charge in [0.2, 0.25) is 0 Å². The molecule has 0 amide bonds. The molecule has 3 nitrogen and oxygen atoms in total. The zero-order valence-corrected chi connectivity index (χ0v) is 11.0. The lowest BCUT2D eigenvalue weighted by atomic mass is 10.0. The summed E-state index contributed by atoms with van der Waals surface area (Å²) in [5.74, 6) is 0. The molecule has 1 aromatic carbocycles. The molecule has 2 aromatic rings. The van der Waals surface area contributed by atoms with Crippen LogP contribution in [0, 0.1) is 11.3 Å². The minimum Gasteiger partial charge on any atom is -0.284 e. The Morgan fingerprint density at radius 3 is 2.70 bits per heavy atom. The standard InChI is InChI=1S/C17H13N3/c18-11-14-5-3-13(4-6-14)10-15-7-9-20-17(15)16-2-1-8-19-12-16/h1-6,8,10,12H,7,9H2/b15-10+. The van der Waals surface area contributed by atoms with Crippen LogP contribution in [0.5, 0.6) is 0 Å². The van der Waals surface area contributed by atoms with Gasteiger partial charge in [-0.1, -0.05) is 12.1 Å². The van der Waals surface area contributed by atoms with E-state index in [2.05, 4.69) is 22.1 Å². The molecule has 3 rings (SSSR count). The maximum atomic E-state index is 8.81. The van der Waals surface area contributed by atoms with Crippen molar-refractivity contribution in [3.8, 4) is 6.07 Å². The highest BCUT2D eigenvalue weighted by atomic mass is 14.8. The fourth-order valence-electron chi connectivity index (χ4n) is 2.28. The van der Waals surface area contributed by atoms with Crippen molar-refractivity contribution >= 4 is 11.8 Å². The molecular weight excluding hydrogens is 246 g/mol. The number of rotatable bonds is 2. The van der Waals surface area contributed by atoms with Crippen LogP contribution in [0.4, 0.5) is 0 Å². The highest BCUT2D eigenvalue weighted by Gasteiger charge is 2.15. The summed E-state index contributed by atoms with van der Waals surface area (Å²) >= 11 is 0. The molecule has 0 spiro atoms. The van der Waals surface area contributed by atoms with Crippen LogP contribution < -0.4 is 0 Å². The van der Waals surface area contributed by atoms with Gasteiger partial charge in [0.15, 0.2) is 0 Å². The predicted octanol–water partition coefficient (Wildman–Crippen LogP) is 3.23. The summed E-state index contributed by atoms with van der Waals surface area (Å²) in [5, 5.41) is 8.81. The van der Waals surface area contributed by atoms with Crippen LogP contribution in [-0.4, -0.2) is 17.2 Å². The molecule has 0 atom stereocenters. The Morgan fingerprint density at radius 2 is 2.00 bits per heavy atom. The maximum absolute atomic E-state index is 8.81. The number of nitriles is 1. The number of aliphatic imine (C=N–C) groups is 1. The van der Waals surface area contributed by atoms with Crippen LogP contribution in [0.25, 0.3) is 6.08 Å². The highest BCUT2D eigenvalue weighted by molar-refractivity contribution is 6.15. The first kappa shape index (κ1) is 12.3.